The van der Waals surface area contributed by atoms with Crippen molar-refractivity contribution in [3.8, 4) is 0 Å². The lowest BCUT2D eigenvalue weighted by Gasteiger charge is -2.05. The third-order valence-corrected chi connectivity index (χ3v) is 2.06. The van der Waals surface area contributed by atoms with Crippen LogP contribution in [-0.2, 0) is 14.4 Å². The van der Waals surface area contributed by atoms with E-state index in [-0.39, 0.29) is 24.8 Å². The van der Waals surface area contributed by atoms with E-state index in [1.165, 1.54) is 0 Å². The molecule has 0 heterocycles. The second-order valence-corrected chi connectivity index (χ2v) is 3.73. The summed E-state index contributed by atoms with van der Waals surface area (Å²) in [6, 6.07) is 0. The molecule has 0 unspecified atom stereocenters. The van der Waals surface area contributed by atoms with Crippen molar-refractivity contribution in [3.05, 3.63) is 0 Å². The first kappa shape index (κ1) is 15.4. The molecular formula is C11H20N2O4. The molecule has 6 heteroatoms. The van der Waals surface area contributed by atoms with Crippen molar-refractivity contribution >= 4 is 17.8 Å². The minimum Gasteiger partial charge on any atom is -0.481 e. The quantitative estimate of drug-likeness (QED) is 0.507. The standard InChI is InChI=1S/C11H20N2O4/c1-2-5-9(14)13-8-10(15)12-7-4-3-6-11(16)17/h2-8H2,1H3,(H,12,15)(H,13,14)(H,16,17). The van der Waals surface area contributed by atoms with Crippen LogP contribution < -0.4 is 10.6 Å². The summed E-state index contributed by atoms with van der Waals surface area (Å²) in [4.78, 5) is 32.4. The summed E-state index contributed by atoms with van der Waals surface area (Å²) in [6.45, 7) is 2.32. The Balaban J connectivity index is 3.40. The largest absolute Gasteiger partial charge is 0.481 e. The molecular weight excluding hydrogens is 224 g/mol. The van der Waals surface area contributed by atoms with Gasteiger partial charge < -0.3 is 15.7 Å². The summed E-state index contributed by atoms with van der Waals surface area (Å²) in [7, 11) is 0. The number of rotatable bonds is 9. The fraction of sp³-hybridized carbons (Fsp3) is 0.727. The van der Waals surface area contributed by atoms with Crippen molar-refractivity contribution < 1.29 is 19.5 Å². The van der Waals surface area contributed by atoms with Gasteiger partial charge >= 0.3 is 5.97 Å². The van der Waals surface area contributed by atoms with E-state index in [0.29, 0.717) is 25.8 Å². The highest BCUT2D eigenvalue weighted by Crippen LogP contribution is 1.93. The third-order valence-electron chi connectivity index (χ3n) is 2.06. The SMILES string of the molecule is CCCC(=O)NCC(=O)NCCCCC(=O)O. The molecule has 0 fully saturated rings. The number of nitrogens with one attached hydrogen (secondary N) is 2. The summed E-state index contributed by atoms with van der Waals surface area (Å²) in [5, 5.41) is 13.5. The first-order valence-electron chi connectivity index (χ1n) is 5.81. The minimum absolute atomic E-state index is 0.0161. The molecule has 0 rings (SSSR count). The number of unbranched alkanes of at least 4 members (excludes halogenated alkanes) is 1. The van der Waals surface area contributed by atoms with Gasteiger partial charge in [0.05, 0.1) is 6.54 Å². The van der Waals surface area contributed by atoms with E-state index in [1.54, 1.807) is 0 Å². The molecule has 0 bridgehead atoms. The summed E-state index contributed by atoms with van der Waals surface area (Å²) in [6.07, 6.45) is 2.45. The molecule has 0 atom stereocenters. The van der Waals surface area contributed by atoms with E-state index in [4.69, 9.17) is 5.11 Å². The van der Waals surface area contributed by atoms with E-state index in [0.717, 1.165) is 6.42 Å². The van der Waals surface area contributed by atoms with Crippen molar-refractivity contribution in [3.63, 3.8) is 0 Å². The zero-order valence-corrected chi connectivity index (χ0v) is 10.1. The van der Waals surface area contributed by atoms with Crippen LogP contribution in [0, 0.1) is 0 Å². The highest BCUT2D eigenvalue weighted by atomic mass is 16.4. The van der Waals surface area contributed by atoms with Crippen molar-refractivity contribution in [2.75, 3.05) is 13.1 Å². The lowest BCUT2D eigenvalue weighted by atomic mass is 10.2. The number of carboxylic acid groups (broad SMARTS) is 1. The van der Waals surface area contributed by atoms with Gasteiger partial charge in [0.25, 0.3) is 0 Å². The molecule has 0 aliphatic carbocycles. The second-order valence-electron chi connectivity index (χ2n) is 3.73. The van der Waals surface area contributed by atoms with Crippen molar-refractivity contribution in [1.29, 1.82) is 0 Å². The average molecular weight is 244 g/mol. The van der Waals surface area contributed by atoms with Crippen LogP contribution in [0.3, 0.4) is 0 Å². The van der Waals surface area contributed by atoms with Gasteiger partial charge in [-0.2, -0.15) is 0 Å². The van der Waals surface area contributed by atoms with Crippen LogP contribution in [0.5, 0.6) is 0 Å². The summed E-state index contributed by atoms with van der Waals surface area (Å²) >= 11 is 0. The van der Waals surface area contributed by atoms with Crippen LogP contribution in [0.4, 0.5) is 0 Å². The number of hydrogen-bond acceptors (Lipinski definition) is 3. The maximum absolute atomic E-state index is 11.2. The Hall–Kier alpha value is -1.59. The molecule has 2 amide bonds. The molecule has 0 saturated carbocycles. The molecule has 98 valence electrons. The fourth-order valence-electron chi connectivity index (χ4n) is 1.19. The van der Waals surface area contributed by atoms with Crippen LogP contribution in [0.15, 0.2) is 0 Å². The van der Waals surface area contributed by atoms with Crippen LogP contribution in [0.2, 0.25) is 0 Å². The normalized spacial score (nSPS) is 9.71. The smallest absolute Gasteiger partial charge is 0.303 e. The van der Waals surface area contributed by atoms with Gasteiger partial charge in [-0.25, -0.2) is 0 Å². The monoisotopic (exact) mass is 244 g/mol. The first-order valence-corrected chi connectivity index (χ1v) is 5.81. The Labute approximate surface area is 101 Å². The first-order chi connectivity index (χ1) is 8.06. The highest BCUT2D eigenvalue weighted by molar-refractivity contribution is 5.84. The Morgan fingerprint density at radius 3 is 2.29 bits per heavy atom. The second kappa shape index (κ2) is 9.62. The van der Waals surface area contributed by atoms with Gasteiger partial charge in [0.1, 0.15) is 0 Å². The number of carbonyl (C=O) groups is 3. The maximum atomic E-state index is 11.2. The van der Waals surface area contributed by atoms with Gasteiger partial charge in [-0.3, -0.25) is 14.4 Å². The Morgan fingerprint density at radius 2 is 1.71 bits per heavy atom. The van der Waals surface area contributed by atoms with Gasteiger partial charge in [-0.15, -0.1) is 0 Å². The molecule has 3 N–H and O–H groups in total. The number of carbonyl (C=O) groups excluding carboxylic acids is 2. The van der Waals surface area contributed by atoms with Gasteiger partial charge in [0.15, 0.2) is 0 Å². The molecule has 6 nitrogen and oxygen atoms in total. The highest BCUT2D eigenvalue weighted by Gasteiger charge is 2.04. The predicted octanol–water partition coefficient (Wildman–Crippen LogP) is 0.274. The van der Waals surface area contributed by atoms with Crippen molar-refractivity contribution in [2.45, 2.75) is 39.0 Å². The van der Waals surface area contributed by atoms with Crippen molar-refractivity contribution in [1.82, 2.24) is 10.6 Å². The summed E-state index contributed by atoms with van der Waals surface area (Å²) in [5.41, 5.74) is 0. The molecule has 0 saturated heterocycles. The molecule has 0 aromatic heterocycles. The van der Waals surface area contributed by atoms with Crippen molar-refractivity contribution in [2.24, 2.45) is 0 Å². The zero-order chi connectivity index (χ0) is 13.1. The Kier molecular flexibility index (Phi) is 8.72. The van der Waals surface area contributed by atoms with E-state index >= 15 is 0 Å². The molecule has 0 radical (unpaired) electrons. The lowest BCUT2D eigenvalue weighted by molar-refractivity contribution is -0.137. The van der Waals surface area contributed by atoms with Crippen LogP contribution in [-0.4, -0.2) is 36.0 Å². The lowest BCUT2D eigenvalue weighted by Crippen LogP contribution is -2.37. The number of hydrogen-bond donors (Lipinski definition) is 3. The van der Waals surface area contributed by atoms with E-state index in [2.05, 4.69) is 10.6 Å². The topological polar surface area (TPSA) is 95.5 Å². The van der Waals surface area contributed by atoms with E-state index in [9.17, 15) is 14.4 Å². The zero-order valence-electron chi connectivity index (χ0n) is 10.1. The van der Waals surface area contributed by atoms with E-state index in [1.807, 2.05) is 6.92 Å². The Morgan fingerprint density at radius 1 is 1.00 bits per heavy atom. The third kappa shape index (κ3) is 10.7. The minimum atomic E-state index is -0.830. The fourth-order valence-corrected chi connectivity index (χ4v) is 1.19. The number of carboxylic acids is 1. The molecule has 0 aromatic rings. The number of aliphatic carboxylic acids is 1. The van der Waals surface area contributed by atoms with Gasteiger partial charge in [0, 0.05) is 19.4 Å². The van der Waals surface area contributed by atoms with Gasteiger partial charge in [-0.05, 0) is 19.3 Å². The Bertz CT molecular complexity index is 266. The van der Waals surface area contributed by atoms with Gasteiger partial charge in [-0.1, -0.05) is 6.92 Å². The molecule has 0 aliphatic heterocycles. The summed E-state index contributed by atoms with van der Waals surface area (Å²) < 4.78 is 0. The maximum Gasteiger partial charge on any atom is 0.303 e. The average Bonchev–Trinajstić information content (AvgIpc) is 2.26. The summed E-state index contributed by atoms with van der Waals surface area (Å²) in [5.74, 6) is -1.21. The van der Waals surface area contributed by atoms with Gasteiger partial charge in [0.2, 0.25) is 11.8 Å². The molecule has 0 spiro atoms. The molecule has 0 aliphatic rings. The van der Waals surface area contributed by atoms with Crippen LogP contribution in [0.25, 0.3) is 0 Å². The van der Waals surface area contributed by atoms with Crippen LogP contribution in [0.1, 0.15) is 39.0 Å². The predicted molar refractivity (Wildman–Crippen MR) is 62.4 cm³/mol. The number of amides is 2. The van der Waals surface area contributed by atoms with Crippen LogP contribution >= 0.6 is 0 Å². The molecule has 0 aromatic carbocycles. The molecule has 17 heavy (non-hydrogen) atoms. The van der Waals surface area contributed by atoms with E-state index < -0.39 is 5.97 Å².